The Morgan fingerprint density at radius 2 is 2.09 bits per heavy atom. The summed E-state index contributed by atoms with van der Waals surface area (Å²) in [5.41, 5.74) is 4.64. The fraction of sp³-hybridized carbons (Fsp3) is 0.235. The summed E-state index contributed by atoms with van der Waals surface area (Å²) in [7, 11) is 0. The van der Waals surface area contributed by atoms with E-state index >= 15 is 0 Å². The predicted molar refractivity (Wildman–Crippen MR) is 90.4 cm³/mol. The summed E-state index contributed by atoms with van der Waals surface area (Å²) in [6.07, 6.45) is 1.43. The van der Waals surface area contributed by atoms with Gasteiger partial charge in [0, 0.05) is 29.9 Å². The number of benzene rings is 1. The van der Waals surface area contributed by atoms with Gasteiger partial charge in [-0.1, -0.05) is 18.2 Å². The van der Waals surface area contributed by atoms with E-state index in [9.17, 15) is 9.90 Å². The maximum absolute atomic E-state index is 10.6. The summed E-state index contributed by atoms with van der Waals surface area (Å²) >= 11 is 1.55. The second-order valence-electron chi connectivity index (χ2n) is 5.40. The van der Waals surface area contributed by atoms with Gasteiger partial charge in [-0.15, -0.1) is 11.3 Å². The molecular weight excluding hydrogens is 310 g/mol. The van der Waals surface area contributed by atoms with Crippen LogP contribution in [0.4, 0.5) is 5.82 Å². The highest BCUT2D eigenvalue weighted by molar-refractivity contribution is 7.17. The number of hydrogen-bond acceptors (Lipinski definition) is 6. The molecule has 0 radical (unpaired) electrons. The van der Waals surface area contributed by atoms with Crippen molar-refractivity contribution in [2.75, 3.05) is 11.9 Å². The standard InChI is InChI=1S/C17H17N3O2S/c1-10-3-4-12(7-11(10)2)13-8-23-17-15(13)16(19-9-20-17)18-6-5-14(21)22/h3-4,7-9H,5-6H2,1-2H3,(H,21,22)(H,18,19,20)/p-1. The Hall–Kier alpha value is -2.47. The first kappa shape index (κ1) is 15.4. The zero-order chi connectivity index (χ0) is 16.4. The third kappa shape index (κ3) is 3.17. The second kappa shape index (κ2) is 6.34. The number of aromatic nitrogens is 2. The molecule has 5 nitrogen and oxygen atoms in total. The van der Waals surface area contributed by atoms with Crippen LogP contribution in [-0.4, -0.2) is 22.5 Å². The zero-order valence-corrected chi connectivity index (χ0v) is 13.7. The van der Waals surface area contributed by atoms with Crippen LogP contribution in [0.25, 0.3) is 21.3 Å². The van der Waals surface area contributed by atoms with Crippen LogP contribution in [0.15, 0.2) is 29.9 Å². The van der Waals surface area contributed by atoms with Gasteiger partial charge in [-0.05, 0) is 30.5 Å². The molecular formula is C17H16N3O2S-. The Kier molecular flexibility index (Phi) is 4.25. The van der Waals surface area contributed by atoms with E-state index in [1.165, 1.54) is 17.5 Å². The first-order chi connectivity index (χ1) is 11.1. The number of aryl methyl sites for hydroxylation is 2. The van der Waals surface area contributed by atoms with Gasteiger partial charge in [-0.25, -0.2) is 9.97 Å². The van der Waals surface area contributed by atoms with E-state index in [0.717, 1.165) is 21.3 Å². The topological polar surface area (TPSA) is 77.9 Å². The van der Waals surface area contributed by atoms with Crippen molar-refractivity contribution < 1.29 is 9.90 Å². The lowest BCUT2D eigenvalue weighted by Crippen LogP contribution is -2.24. The predicted octanol–water partition coefficient (Wildman–Crippen LogP) is 2.53. The Bertz CT molecular complexity index is 873. The molecule has 2 aromatic heterocycles. The quantitative estimate of drug-likeness (QED) is 0.779. The molecule has 3 rings (SSSR count). The molecule has 1 N–H and O–H groups in total. The van der Waals surface area contributed by atoms with E-state index in [0.29, 0.717) is 5.82 Å². The summed E-state index contributed by atoms with van der Waals surface area (Å²) in [6, 6.07) is 6.33. The highest BCUT2D eigenvalue weighted by atomic mass is 32.1. The van der Waals surface area contributed by atoms with Gasteiger partial charge >= 0.3 is 0 Å². The molecule has 0 aliphatic rings. The van der Waals surface area contributed by atoms with Crippen molar-refractivity contribution in [1.82, 2.24) is 9.97 Å². The number of aliphatic carboxylic acids is 1. The van der Waals surface area contributed by atoms with Crippen LogP contribution in [-0.2, 0) is 4.79 Å². The number of fused-ring (bicyclic) bond motifs is 1. The van der Waals surface area contributed by atoms with E-state index in [4.69, 9.17) is 0 Å². The molecule has 0 fully saturated rings. The fourth-order valence-electron chi connectivity index (χ4n) is 2.41. The zero-order valence-electron chi connectivity index (χ0n) is 12.9. The largest absolute Gasteiger partial charge is 0.550 e. The van der Waals surface area contributed by atoms with Crippen LogP contribution >= 0.6 is 11.3 Å². The van der Waals surface area contributed by atoms with E-state index < -0.39 is 5.97 Å². The van der Waals surface area contributed by atoms with Crippen molar-refractivity contribution in [3.05, 3.63) is 41.0 Å². The Labute approximate surface area is 138 Å². The first-order valence-corrected chi connectivity index (χ1v) is 8.18. The van der Waals surface area contributed by atoms with Crippen molar-refractivity contribution in [2.45, 2.75) is 20.3 Å². The molecule has 1 aromatic carbocycles. The molecule has 0 amide bonds. The molecule has 2 heterocycles. The summed E-state index contributed by atoms with van der Waals surface area (Å²) in [6.45, 7) is 4.44. The van der Waals surface area contributed by atoms with Gasteiger partial charge in [0.05, 0.1) is 5.39 Å². The minimum atomic E-state index is -1.08. The van der Waals surface area contributed by atoms with Crippen molar-refractivity contribution >= 4 is 33.3 Å². The smallest absolute Gasteiger partial charge is 0.138 e. The monoisotopic (exact) mass is 326 g/mol. The Morgan fingerprint density at radius 1 is 1.26 bits per heavy atom. The number of carbonyl (C=O) groups excluding carboxylic acids is 1. The SMILES string of the molecule is Cc1ccc(-c2csc3ncnc(NCCC(=O)[O-])c23)cc1C. The van der Waals surface area contributed by atoms with E-state index in [-0.39, 0.29) is 13.0 Å². The van der Waals surface area contributed by atoms with Crippen molar-refractivity contribution in [3.63, 3.8) is 0 Å². The molecule has 0 atom stereocenters. The number of carboxylic acid groups (broad SMARTS) is 1. The maximum atomic E-state index is 10.6. The highest BCUT2D eigenvalue weighted by Gasteiger charge is 2.13. The minimum Gasteiger partial charge on any atom is -0.550 e. The van der Waals surface area contributed by atoms with Gasteiger partial charge < -0.3 is 15.2 Å². The molecule has 23 heavy (non-hydrogen) atoms. The molecule has 3 aromatic rings. The number of rotatable bonds is 5. The van der Waals surface area contributed by atoms with Gasteiger partial charge in [-0.2, -0.15) is 0 Å². The van der Waals surface area contributed by atoms with Crippen molar-refractivity contribution in [3.8, 4) is 11.1 Å². The van der Waals surface area contributed by atoms with E-state index in [1.807, 2.05) is 0 Å². The van der Waals surface area contributed by atoms with Crippen molar-refractivity contribution in [2.24, 2.45) is 0 Å². The van der Waals surface area contributed by atoms with Gasteiger partial charge in [-0.3, -0.25) is 0 Å². The number of hydrogen-bond donors (Lipinski definition) is 1. The molecule has 0 bridgehead atoms. The Balaban J connectivity index is 2.03. The third-order valence-electron chi connectivity index (χ3n) is 3.81. The fourth-order valence-corrected chi connectivity index (χ4v) is 3.33. The van der Waals surface area contributed by atoms with Crippen LogP contribution in [0.5, 0.6) is 0 Å². The molecule has 0 aliphatic heterocycles. The first-order valence-electron chi connectivity index (χ1n) is 7.30. The molecule has 0 aliphatic carbocycles. The molecule has 0 spiro atoms. The van der Waals surface area contributed by atoms with Crippen LogP contribution < -0.4 is 10.4 Å². The lowest BCUT2D eigenvalue weighted by molar-refractivity contribution is -0.305. The average Bonchev–Trinajstić information content (AvgIpc) is 2.94. The number of nitrogens with zero attached hydrogens (tertiary/aromatic N) is 2. The van der Waals surface area contributed by atoms with Gasteiger partial charge in [0.1, 0.15) is 17.0 Å². The summed E-state index contributed by atoms with van der Waals surface area (Å²) in [5.74, 6) is -0.423. The van der Waals surface area contributed by atoms with E-state index in [1.54, 1.807) is 11.3 Å². The second-order valence-corrected chi connectivity index (χ2v) is 6.26. The molecule has 0 saturated carbocycles. The number of carbonyl (C=O) groups is 1. The summed E-state index contributed by atoms with van der Waals surface area (Å²) in [5, 5.41) is 16.6. The molecule has 6 heteroatoms. The lowest BCUT2D eigenvalue weighted by atomic mass is 10.0. The van der Waals surface area contributed by atoms with Gasteiger partial charge in [0.2, 0.25) is 0 Å². The highest BCUT2D eigenvalue weighted by Crippen LogP contribution is 2.36. The van der Waals surface area contributed by atoms with Crippen LogP contribution in [0, 0.1) is 13.8 Å². The van der Waals surface area contributed by atoms with Crippen LogP contribution in [0.1, 0.15) is 17.5 Å². The normalized spacial score (nSPS) is 10.9. The molecule has 0 saturated heterocycles. The van der Waals surface area contributed by atoms with Crippen LogP contribution in [0.2, 0.25) is 0 Å². The number of thiophene rings is 1. The molecule has 118 valence electrons. The van der Waals surface area contributed by atoms with Crippen molar-refractivity contribution in [1.29, 1.82) is 0 Å². The van der Waals surface area contributed by atoms with Gasteiger partial charge in [0.15, 0.2) is 0 Å². The third-order valence-corrected chi connectivity index (χ3v) is 4.70. The van der Waals surface area contributed by atoms with E-state index in [2.05, 4.69) is 52.7 Å². The number of anilines is 1. The number of nitrogens with one attached hydrogen (secondary N) is 1. The molecule has 0 unspecified atom stereocenters. The Morgan fingerprint density at radius 3 is 2.83 bits per heavy atom. The van der Waals surface area contributed by atoms with Gasteiger partial charge in [0.25, 0.3) is 0 Å². The average molecular weight is 326 g/mol. The summed E-state index contributed by atoms with van der Waals surface area (Å²) in [4.78, 5) is 20.0. The van der Waals surface area contributed by atoms with Crippen LogP contribution in [0.3, 0.4) is 0 Å². The maximum Gasteiger partial charge on any atom is 0.138 e. The minimum absolute atomic E-state index is 0.0609. The lowest BCUT2D eigenvalue weighted by Gasteiger charge is -2.09. The number of carboxylic acids is 1. The summed E-state index contributed by atoms with van der Waals surface area (Å²) < 4.78 is 0.